The number of hydrogen-bond acceptors (Lipinski definition) is 6. The number of nitrogens with two attached hydrogens (primary N) is 1. The molecule has 8 heteroatoms. The summed E-state index contributed by atoms with van der Waals surface area (Å²) < 4.78 is 14.6. The summed E-state index contributed by atoms with van der Waals surface area (Å²) >= 11 is 2.30. The van der Waals surface area contributed by atoms with Crippen molar-refractivity contribution in [3.8, 4) is 0 Å². The molecule has 7 nitrogen and oxygen atoms in total. The van der Waals surface area contributed by atoms with E-state index in [2.05, 4.69) is 68.6 Å². The van der Waals surface area contributed by atoms with Crippen LogP contribution in [0.5, 0.6) is 0 Å². The third-order valence-electron chi connectivity index (χ3n) is 8.41. The molecule has 3 aromatic rings. The Balaban J connectivity index is 1.33. The van der Waals surface area contributed by atoms with Crippen LogP contribution in [0.25, 0.3) is 10.9 Å². The Labute approximate surface area is 225 Å². The van der Waals surface area contributed by atoms with Crippen molar-refractivity contribution >= 4 is 45.2 Å². The number of carbonyl (C=O) groups is 1. The van der Waals surface area contributed by atoms with Crippen LogP contribution in [-0.4, -0.2) is 35.4 Å². The van der Waals surface area contributed by atoms with Crippen LogP contribution >= 0.6 is 22.6 Å². The first-order valence-electron chi connectivity index (χ1n) is 13.0. The van der Waals surface area contributed by atoms with Gasteiger partial charge in [-0.05, 0) is 89.8 Å². The minimum atomic E-state index is -0.269. The summed E-state index contributed by atoms with van der Waals surface area (Å²) in [6, 6.07) is 13.1. The van der Waals surface area contributed by atoms with Crippen molar-refractivity contribution in [3.05, 3.63) is 56.8 Å². The van der Waals surface area contributed by atoms with Gasteiger partial charge >= 0.3 is 5.97 Å². The molecule has 190 valence electrons. The summed E-state index contributed by atoms with van der Waals surface area (Å²) in [5.74, 6) is -0.269. The second kappa shape index (κ2) is 9.61. The van der Waals surface area contributed by atoms with Gasteiger partial charge < -0.3 is 20.1 Å². The van der Waals surface area contributed by atoms with Gasteiger partial charge in [0.15, 0.2) is 6.23 Å². The van der Waals surface area contributed by atoms with Gasteiger partial charge in [0.25, 0.3) is 0 Å². The normalized spacial score (nSPS) is 23.2. The quantitative estimate of drug-likeness (QED) is 0.326. The molecule has 2 aromatic carbocycles. The lowest BCUT2D eigenvalue weighted by Gasteiger charge is -2.43. The van der Waals surface area contributed by atoms with Crippen molar-refractivity contribution in [1.82, 2.24) is 9.78 Å². The molecule has 2 aliphatic heterocycles. The highest BCUT2D eigenvalue weighted by molar-refractivity contribution is 14.1. The second-order valence-corrected chi connectivity index (χ2v) is 11.6. The van der Waals surface area contributed by atoms with Crippen molar-refractivity contribution < 1.29 is 14.3 Å². The summed E-state index contributed by atoms with van der Waals surface area (Å²) in [5, 5.41) is 5.94. The van der Waals surface area contributed by atoms with Gasteiger partial charge in [-0.15, -0.1) is 0 Å². The van der Waals surface area contributed by atoms with Crippen molar-refractivity contribution in [3.63, 3.8) is 0 Å². The minimum absolute atomic E-state index is 0.0310. The van der Waals surface area contributed by atoms with Gasteiger partial charge in [-0.1, -0.05) is 24.3 Å². The monoisotopic (exact) mass is 600 g/mol. The van der Waals surface area contributed by atoms with E-state index in [-0.39, 0.29) is 30.3 Å². The van der Waals surface area contributed by atoms with Crippen LogP contribution in [0.2, 0.25) is 0 Å². The van der Waals surface area contributed by atoms with E-state index in [1.54, 1.807) is 0 Å². The standard InChI is InChI=1S/C28H33IN4O3/c1-18(34)36-17-20-14-22-24(33(31-27(22)29)25-8-4-5-13-35-25)15-23(20)32-11-9-28(10-12-32)16-19-6-2-3-7-21(19)26(28)30/h2-3,6-7,14-15,25-26H,4-5,8-13,16-17,30H2,1H3. The van der Waals surface area contributed by atoms with E-state index >= 15 is 0 Å². The lowest BCUT2D eigenvalue weighted by molar-refractivity contribution is -0.142. The van der Waals surface area contributed by atoms with E-state index in [1.807, 2.05) is 0 Å². The number of nitrogens with zero attached hydrogens (tertiary/aromatic N) is 3. The fraction of sp³-hybridized carbons (Fsp3) is 0.500. The highest BCUT2D eigenvalue weighted by Gasteiger charge is 2.46. The number of hydrogen-bond donors (Lipinski definition) is 1. The van der Waals surface area contributed by atoms with Crippen molar-refractivity contribution in [2.45, 2.75) is 64.3 Å². The van der Waals surface area contributed by atoms with E-state index in [4.69, 9.17) is 20.3 Å². The molecule has 1 aliphatic carbocycles. The Hall–Kier alpha value is -2.17. The zero-order chi connectivity index (χ0) is 24.9. The van der Waals surface area contributed by atoms with E-state index in [9.17, 15) is 4.79 Å². The number of ether oxygens (including phenoxy) is 2. The van der Waals surface area contributed by atoms with Gasteiger partial charge in [-0.2, -0.15) is 5.10 Å². The molecule has 1 aromatic heterocycles. The van der Waals surface area contributed by atoms with Crippen LogP contribution in [0.3, 0.4) is 0 Å². The molecular formula is C28H33IN4O3. The summed E-state index contributed by atoms with van der Waals surface area (Å²) in [7, 11) is 0. The smallest absolute Gasteiger partial charge is 0.302 e. The Morgan fingerprint density at radius 2 is 2.06 bits per heavy atom. The Bertz CT molecular complexity index is 1290. The number of piperidine rings is 1. The van der Waals surface area contributed by atoms with Gasteiger partial charge in [0.2, 0.25) is 0 Å². The van der Waals surface area contributed by atoms with Crippen molar-refractivity contribution in [2.24, 2.45) is 11.1 Å². The molecular weight excluding hydrogens is 567 g/mol. The molecule has 3 heterocycles. The number of aromatic nitrogens is 2. The predicted molar refractivity (Wildman–Crippen MR) is 148 cm³/mol. The maximum Gasteiger partial charge on any atom is 0.302 e. The van der Waals surface area contributed by atoms with E-state index < -0.39 is 0 Å². The Kier molecular flexibility index (Phi) is 6.46. The largest absolute Gasteiger partial charge is 0.461 e. The molecule has 0 bridgehead atoms. The molecule has 2 unspecified atom stereocenters. The Morgan fingerprint density at radius 3 is 2.78 bits per heavy atom. The van der Waals surface area contributed by atoms with E-state index in [0.29, 0.717) is 0 Å². The molecule has 2 fully saturated rings. The third-order valence-corrected chi connectivity index (χ3v) is 9.21. The molecule has 2 atom stereocenters. The SMILES string of the molecule is CC(=O)OCc1cc2c(I)nn(C3CCCCO3)c2cc1N1CCC2(CC1)Cc1ccccc1C2N. The number of benzene rings is 2. The van der Waals surface area contributed by atoms with Gasteiger partial charge in [0.1, 0.15) is 10.3 Å². The number of esters is 1. The van der Waals surface area contributed by atoms with Gasteiger partial charge in [0, 0.05) is 49.3 Å². The molecule has 0 saturated carbocycles. The maximum absolute atomic E-state index is 11.7. The summed E-state index contributed by atoms with van der Waals surface area (Å²) in [5.41, 5.74) is 12.9. The highest BCUT2D eigenvalue weighted by atomic mass is 127. The highest BCUT2D eigenvalue weighted by Crippen LogP contribution is 2.51. The molecule has 2 saturated heterocycles. The molecule has 0 radical (unpaired) electrons. The second-order valence-electron chi connectivity index (χ2n) is 10.5. The first-order valence-corrected chi connectivity index (χ1v) is 14.1. The number of fused-ring (bicyclic) bond motifs is 2. The number of halogens is 1. The van der Waals surface area contributed by atoms with Crippen molar-refractivity contribution in [2.75, 3.05) is 24.6 Å². The van der Waals surface area contributed by atoms with E-state index in [0.717, 1.165) is 84.1 Å². The molecule has 6 rings (SSSR count). The Morgan fingerprint density at radius 1 is 1.25 bits per heavy atom. The van der Waals surface area contributed by atoms with Crippen LogP contribution in [0.1, 0.15) is 68.0 Å². The van der Waals surface area contributed by atoms with Crippen LogP contribution < -0.4 is 10.6 Å². The summed E-state index contributed by atoms with van der Waals surface area (Å²) in [4.78, 5) is 14.1. The van der Waals surface area contributed by atoms with Crippen LogP contribution in [0.15, 0.2) is 36.4 Å². The average Bonchev–Trinajstić information content (AvgIpc) is 3.36. The lowest BCUT2D eigenvalue weighted by atomic mass is 9.73. The fourth-order valence-electron chi connectivity index (χ4n) is 6.40. The van der Waals surface area contributed by atoms with Gasteiger partial charge in [-0.3, -0.25) is 4.79 Å². The van der Waals surface area contributed by atoms with Gasteiger partial charge in [-0.25, -0.2) is 4.68 Å². The van der Waals surface area contributed by atoms with Crippen LogP contribution in [-0.2, 0) is 27.3 Å². The number of carbonyl (C=O) groups excluding carboxylic acids is 1. The first-order chi connectivity index (χ1) is 17.4. The zero-order valence-corrected chi connectivity index (χ0v) is 22.9. The van der Waals surface area contributed by atoms with Crippen LogP contribution in [0.4, 0.5) is 5.69 Å². The van der Waals surface area contributed by atoms with E-state index in [1.165, 1.54) is 18.1 Å². The lowest BCUT2D eigenvalue weighted by Crippen LogP contribution is -2.44. The molecule has 3 aliphatic rings. The average molecular weight is 601 g/mol. The van der Waals surface area contributed by atoms with Crippen LogP contribution in [0, 0.1) is 9.12 Å². The molecule has 0 amide bonds. The topological polar surface area (TPSA) is 82.6 Å². The minimum Gasteiger partial charge on any atom is -0.461 e. The molecule has 2 N–H and O–H groups in total. The summed E-state index contributed by atoms with van der Waals surface area (Å²) in [6.07, 6.45) is 6.33. The number of anilines is 1. The summed E-state index contributed by atoms with van der Waals surface area (Å²) in [6.45, 7) is 4.34. The van der Waals surface area contributed by atoms with Gasteiger partial charge in [0.05, 0.1) is 5.52 Å². The first kappa shape index (κ1) is 24.2. The predicted octanol–water partition coefficient (Wildman–Crippen LogP) is 5.25. The number of rotatable bonds is 4. The fourth-order valence-corrected chi connectivity index (χ4v) is 7.07. The van der Waals surface area contributed by atoms with Crippen molar-refractivity contribution in [1.29, 1.82) is 0 Å². The zero-order valence-electron chi connectivity index (χ0n) is 20.7. The maximum atomic E-state index is 11.7. The molecule has 1 spiro atoms. The third kappa shape index (κ3) is 4.20. The molecule has 36 heavy (non-hydrogen) atoms.